The van der Waals surface area contributed by atoms with E-state index < -0.39 is 24.3 Å². The summed E-state index contributed by atoms with van der Waals surface area (Å²) >= 11 is 0. The Balaban J connectivity index is 1.62. The second-order valence-corrected chi connectivity index (χ2v) is 7.54. The number of rotatable bonds is 6. The summed E-state index contributed by atoms with van der Waals surface area (Å²) in [7, 11) is 0. The fourth-order valence-corrected chi connectivity index (χ4v) is 4.05. The van der Waals surface area contributed by atoms with Crippen molar-refractivity contribution in [2.75, 3.05) is 13.2 Å². The van der Waals surface area contributed by atoms with E-state index in [1.807, 2.05) is 54.6 Å². The van der Waals surface area contributed by atoms with Crippen LogP contribution in [-0.4, -0.2) is 35.9 Å². The number of ether oxygens (including phenoxy) is 2. The van der Waals surface area contributed by atoms with Crippen molar-refractivity contribution in [2.24, 2.45) is 0 Å². The van der Waals surface area contributed by atoms with E-state index in [-0.39, 0.29) is 12.3 Å². The molecule has 1 aromatic heterocycles. The summed E-state index contributed by atoms with van der Waals surface area (Å²) in [5, 5.41) is 3.36. The monoisotopic (exact) mass is 429 g/mol. The SMILES string of the molecule is CCOC(=O)c1c(C)[nH]c(C(=O)COC(=O)c2c3ccccc3cc3ccccc23)c1C. The van der Waals surface area contributed by atoms with Gasteiger partial charge in [-0.1, -0.05) is 48.5 Å². The molecule has 6 nitrogen and oxygen atoms in total. The minimum absolute atomic E-state index is 0.237. The van der Waals surface area contributed by atoms with E-state index in [0.717, 1.165) is 21.5 Å². The standard InChI is InChI=1S/C26H23NO5/c1-4-31-25(29)22-15(2)24(27-16(22)3)21(28)14-32-26(30)23-19-11-7-5-9-17(19)13-18-10-6-8-12-20(18)23/h5-13,27H,4,14H2,1-3H3. The lowest BCUT2D eigenvalue weighted by Gasteiger charge is -2.11. The van der Waals surface area contributed by atoms with Crippen molar-refractivity contribution in [3.63, 3.8) is 0 Å². The van der Waals surface area contributed by atoms with Gasteiger partial charge in [0.1, 0.15) is 0 Å². The number of hydrogen-bond acceptors (Lipinski definition) is 5. The van der Waals surface area contributed by atoms with E-state index in [1.54, 1.807) is 20.8 Å². The predicted molar refractivity (Wildman–Crippen MR) is 122 cm³/mol. The van der Waals surface area contributed by atoms with E-state index in [0.29, 0.717) is 22.4 Å². The lowest BCUT2D eigenvalue weighted by molar-refractivity contribution is 0.0476. The van der Waals surface area contributed by atoms with Crippen LogP contribution in [0.5, 0.6) is 0 Å². The smallest absolute Gasteiger partial charge is 0.340 e. The molecule has 1 heterocycles. The predicted octanol–water partition coefficient (Wildman–Crippen LogP) is 5.15. The average Bonchev–Trinajstić information content (AvgIpc) is 3.09. The first-order chi connectivity index (χ1) is 15.4. The van der Waals surface area contributed by atoms with Gasteiger partial charge in [-0.2, -0.15) is 0 Å². The van der Waals surface area contributed by atoms with Gasteiger partial charge in [-0.25, -0.2) is 9.59 Å². The van der Waals surface area contributed by atoms with Crippen LogP contribution in [0.25, 0.3) is 21.5 Å². The Morgan fingerprint density at radius 3 is 1.97 bits per heavy atom. The minimum atomic E-state index is -0.571. The first-order valence-corrected chi connectivity index (χ1v) is 10.4. The minimum Gasteiger partial charge on any atom is -0.462 e. The number of benzene rings is 3. The molecule has 0 bridgehead atoms. The van der Waals surface area contributed by atoms with Crippen LogP contribution in [0.1, 0.15) is 49.4 Å². The van der Waals surface area contributed by atoms with Crippen LogP contribution in [-0.2, 0) is 9.47 Å². The van der Waals surface area contributed by atoms with Gasteiger partial charge >= 0.3 is 11.9 Å². The Bertz CT molecular complexity index is 1310. The van der Waals surface area contributed by atoms with Crippen molar-refractivity contribution < 1.29 is 23.9 Å². The Kier molecular flexibility index (Phi) is 5.77. The Hall–Kier alpha value is -3.93. The van der Waals surface area contributed by atoms with Crippen molar-refractivity contribution in [3.05, 3.63) is 82.7 Å². The molecule has 4 rings (SSSR count). The van der Waals surface area contributed by atoms with Gasteiger partial charge in [-0.3, -0.25) is 4.79 Å². The number of Topliss-reactive ketones (excluding diaryl/α,β-unsaturated/α-hetero) is 1. The molecule has 3 aromatic carbocycles. The maximum absolute atomic E-state index is 13.1. The number of aromatic nitrogens is 1. The summed E-state index contributed by atoms with van der Waals surface area (Å²) in [4.78, 5) is 41.0. The molecule has 0 aliphatic rings. The highest BCUT2D eigenvalue weighted by Gasteiger charge is 2.24. The molecule has 0 amide bonds. The van der Waals surface area contributed by atoms with Gasteiger partial charge in [0.2, 0.25) is 5.78 Å². The summed E-state index contributed by atoms with van der Waals surface area (Å²) < 4.78 is 10.5. The molecular formula is C26H23NO5. The van der Waals surface area contributed by atoms with Crippen LogP contribution in [0.15, 0.2) is 54.6 Å². The van der Waals surface area contributed by atoms with Crippen LogP contribution in [0, 0.1) is 13.8 Å². The van der Waals surface area contributed by atoms with Crippen LogP contribution in [0.2, 0.25) is 0 Å². The van der Waals surface area contributed by atoms with Crippen LogP contribution >= 0.6 is 0 Å². The van der Waals surface area contributed by atoms with Crippen molar-refractivity contribution >= 4 is 39.3 Å². The molecule has 162 valence electrons. The number of fused-ring (bicyclic) bond motifs is 2. The maximum Gasteiger partial charge on any atom is 0.340 e. The van der Waals surface area contributed by atoms with Gasteiger partial charge < -0.3 is 14.5 Å². The molecule has 0 aliphatic carbocycles. The third-order valence-corrected chi connectivity index (χ3v) is 5.51. The molecule has 4 aromatic rings. The van der Waals surface area contributed by atoms with Gasteiger partial charge in [0.05, 0.1) is 23.4 Å². The van der Waals surface area contributed by atoms with Crippen molar-refractivity contribution in [1.82, 2.24) is 4.98 Å². The van der Waals surface area contributed by atoms with E-state index in [1.165, 1.54) is 0 Å². The van der Waals surface area contributed by atoms with Gasteiger partial charge in [0.25, 0.3) is 0 Å². The molecule has 0 saturated carbocycles. The number of ketones is 1. The van der Waals surface area contributed by atoms with E-state index in [9.17, 15) is 14.4 Å². The number of aromatic amines is 1. The van der Waals surface area contributed by atoms with Crippen molar-refractivity contribution in [2.45, 2.75) is 20.8 Å². The van der Waals surface area contributed by atoms with Gasteiger partial charge in [-0.05, 0) is 53.9 Å². The summed E-state index contributed by atoms with van der Waals surface area (Å²) in [5.74, 6) is -1.48. The first kappa shape index (κ1) is 21.3. The summed E-state index contributed by atoms with van der Waals surface area (Å²) in [5.41, 5.74) is 2.02. The highest BCUT2D eigenvalue weighted by molar-refractivity contribution is 6.17. The highest BCUT2D eigenvalue weighted by Crippen LogP contribution is 2.29. The molecule has 0 fully saturated rings. The molecule has 0 atom stereocenters. The Labute approximate surface area is 185 Å². The lowest BCUT2D eigenvalue weighted by atomic mass is 9.97. The zero-order valence-electron chi connectivity index (χ0n) is 18.2. The van der Waals surface area contributed by atoms with Crippen LogP contribution < -0.4 is 0 Å². The number of carbonyl (C=O) groups is 3. The van der Waals surface area contributed by atoms with E-state index >= 15 is 0 Å². The Morgan fingerprint density at radius 2 is 1.38 bits per heavy atom. The third kappa shape index (κ3) is 3.75. The molecule has 0 radical (unpaired) electrons. The largest absolute Gasteiger partial charge is 0.462 e. The normalized spacial score (nSPS) is 11.0. The number of nitrogens with one attached hydrogen (secondary N) is 1. The maximum atomic E-state index is 13.1. The second kappa shape index (κ2) is 8.67. The molecule has 32 heavy (non-hydrogen) atoms. The molecule has 6 heteroatoms. The second-order valence-electron chi connectivity index (χ2n) is 7.54. The third-order valence-electron chi connectivity index (χ3n) is 5.51. The van der Waals surface area contributed by atoms with Crippen molar-refractivity contribution in [1.29, 1.82) is 0 Å². The molecule has 0 spiro atoms. The number of hydrogen-bond donors (Lipinski definition) is 1. The molecule has 1 N–H and O–H groups in total. The number of esters is 2. The lowest BCUT2D eigenvalue weighted by Crippen LogP contribution is -2.16. The molecule has 0 unspecified atom stereocenters. The van der Waals surface area contributed by atoms with E-state index in [2.05, 4.69) is 4.98 Å². The number of aryl methyl sites for hydroxylation is 1. The first-order valence-electron chi connectivity index (χ1n) is 10.4. The highest BCUT2D eigenvalue weighted by atomic mass is 16.5. The summed E-state index contributed by atoms with van der Waals surface area (Å²) in [6.07, 6.45) is 0. The van der Waals surface area contributed by atoms with Crippen LogP contribution in [0.3, 0.4) is 0 Å². The zero-order valence-corrected chi connectivity index (χ0v) is 18.2. The molecular weight excluding hydrogens is 406 g/mol. The molecule has 0 saturated heterocycles. The summed E-state index contributed by atoms with van der Waals surface area (Å²) in [6, 6.07) is 17.2. The van der Waals surface area contributed by atoms with Crippen molar-refractivity contribution in [3.8, 4) is 0 Å². The molecule has 0 aliphatic heterocycles. The van der Waals surface area contributed by atoms with Crippen LogP contribution in [0.4, 0.5) is 0 Å². The van der Waals surface area contributed by atoms with Gasteiger partial charge in [-0.15, -0.1) is 0 Å². The topological polar surface area (TPSA) is 85.5 Å². The van der Waals surface area contributed by atoms with E-state index in [4.69, 9.17) is 9.47 Å². The Morgan fingerprint density at radius 1 is 0.812 bits per heavy atom. The fraction of sp³-hybridized carbons (Fsp3) is 0.192. The average molecular weight is 429 g/mol. The number of H-pyrrole nitrogens is 1. The number of carbonyl (C=O) groups excluding carboxylic acids is 3. The quantitative estimate of drug-likeness (QED) is 0.260. The van der Waals surface area contributed by atoms with Gasteiger partial charge in [0.15, 0.2) is 6.61 Å². The summed E-state index contributed by atoms with van der Waals surface area (Å²) in [6.45, 7) is 4.88. The van der Waals surface area contributed by atoms with Gasteiger partial charge in [0, 0.05) is 5.69 Å². The fourth-order valence-electron chi connectivity index (χ4n) is 4.05. The zero-order chi connectivity index (χ0) is 22.8.